The first-order valence-corrected chi connectivity index (χ1v) is 7.86. The molecule has 1 unspecified atom stereocenters. The molecule has 7 heteroatoms. The van der Waals surface area contributed by atoms with Crippen molar-refractivity contribution in [2.75, 3.05) is 7.11 Å². The number of methoxy groups -OCH3 is 1. The Balaban J connectivity index is 2.91. The quantitative estimate of drug-likeness (QED) is 0.777. The molecule has 0 aliphatic carbocycles. The minimum Gasteiger partial charge on any atom is -0.469 e. The van der Waals surface area contributed by atoms with E-state index in [1.807, 2.05) is 6.07 Å². The van der Waals surface area contributed by atoms with Crippen LogP contribution in [0.1, 0.15) is 24.5 Å². The summed E-state index contributed by atoms with van der Waals surface area (Å²) < 4.78 is 28.7. The average molecular weight is 316 g/mol. The molecule has 0 aromatic heterocycles. The fraction of sp³-hybridized carbons (Fsp3) is 0.385. The van der Waals surface area contributed by atoms with Gasteiger partial charge in [0.2, 0.25) is 0 Å². The smallest absolute Gasteiger partial charge is 0.306 e. The molecule has 0 spiro atoms. The number of benzene rings is 1. The van der Waals surface area contributed by atoms with Crippen LogP contribution in [0.15, 0.2) is 18.2 Å². The van der Waals surface area contributed by atoms with Gasteiger partial charge in [-0.05, 0) is 24.6 Å². The molecule has 0 bridgehead atoms. The highest BCUT2D eigenvalue weighted by Gasteiger charge is 2.25. The molecule has 0 fully saturated rings. The Morgan fingerprint density at radius 2 is 2.15 bits per heavy atom. The maximum absolute atomic E-state index is 12.1. The van der Waals surface area contributed by atoms with Gasteiger partial charge in [-0.3, -0.25) is 4.79 Å². The summed E-state index contributed by atoms with van der Waals surface area (Å²) in [6, 6.07) is 6.34. The second-order valence-electron chi connectivity index (χ2n) is 4.32. The largest absolute Gasteiger partial charge is 0.469 e. The highest BCUT2D eigenvalue weighted by atomic mass is 35.5. The van der Waals surface area contributed by atoms with Crippen LogP contribution >= 0.6 is 11.6 Å². The highest BCUT2D eigenvalue weighted by molar-refractivity contribution is 7.91. The fourth-order valence-electron chi connectivity index (χ4n) is 1.54. The van der Waals surface area contributed by atoms with Crippen molar-refractivity contribution in [3.8, 4) is 6.07 Å². The number of carbonyl (C=O) groups is 1. The summed E-state index contributed by atoms with van der Waals surface area (Å²) >= 11 is 5.94. The minimum absolute atomic E-state index is 0.202. The summed E-state index contributed by atoms with van der Waals surface area (Å²) in [5.74, 6) is -0.859. The Morgan fingerprint density at radius 1 is 1.50 bits per heavy atom. The zero-order valence-corrected chi connectivity index (χ0v) is 12.7. The van der Waals surface area contributed by atoms with Gasteiger partial charge >= 0.3 is 5.97 Å². The summed E-state index contributed by atoms with van der Waals surface area (Å²) in [5.41, 5.74) is 0.765. The number of hydrogen-bond acceptors (Lipinski definition) is 5. The summed E-state index contributed by atoms with van der Waals surface area (Å²) in [7, 11) is -2.32. The van der Waals surface area contributed by atoms with Gasteiger partial charge in [0.15, 0.2) is 9.84 Å². The van der Waals surface area contributed by atoms with Crippen molar-refractivity contribution in [2.24, 2.45) is 0 Å². The van der Waals surface area contributed by atoms with Crippen molar-refractivity contribution in [3.05, 3.63) is 34.3 Å². The molecule has 108 valence electrons. The Bertz CT molecular complexity index is 649. The third kappa shape index (κ3) is 4.22. The van der Waals surface area contributed by atoms with E-state index in [1.54, 1.807) is 0 Å². The molecule has 0 amide bonds. The molecule has 0 saturated carbocycles. The van der Waals surface area contributed by atoms with Crippen LogP contribution in [-0.4, -0.2) is 26.7 Å². The number of carbonyl (C=O) groups excluding carboxylic acids is 1. The van der Waals surface area contributed by atoms with Gasteiger partial charge in [-0.15, -0.1) is 0 Å². The van der Waals surface area contributed by atoms with E-state index < -0.39 is 21.1 Å². The molecule has 1 aromatic carbocycles. The van der Waals surface area contributed by atoms with Crippen molar-refractivity contribution in [3.63, 3.8) is 0 Å². The van der Waals surface area contributed by atoms with Crippen molar-refractivity contribution in [1.82, 2.24) is 0 Å². The van der Waals surface area contributed by atoms with Gasteiger partial charge in [0.05, 0.1) is 36.2 Å². The molecule has 1 atom stereocenters. The van der Waals surface area contributed by atoms with Crippen molar-refractivity contribution in [1.29, 1.82) is 5.26 Å². The molecule has 0 aliphatic heterocycles. The van der Waals surface area contributed by atoms with Gasteiger partial charge in [-0.1, -0.05) is 17.7 Å². The molecule has 0 heterocycles. The predicted octanol–water partition coefficient (Wildman–Crippen LogP) is 2.08. The second kappa shape index (κ2) is 6.73. The molecule has 0 saturated heterocycles. The van der Waals surface area contributed by atoms with Crippen molar-refractivity contribution < 1.29 is 17.9 Å². The Kier molecular flexibility index (Phi) is 5.54. The van der Waals surface area contributed by atoms with Gasteiger partial charge in [0.25, 0.3) is 0 Å². The lowest BCUT2D eigenvalue weighted by Crippen LogP contribution is -2.23. The number of halogens is 1. The number of ether oxygens (including phenoxy) is 1. The number of nitrogens with zero attached hydrogens (tertiary/aromatic N) is 1. The monoisotopic (exact) mass is 315 g/mol. The molecule has 20 heavy (non-hydrogen) atoms. The maximum Gasteiger partial charge on any atom is 0.306 e. The summed E-state index contributed by atoms with van der Waals surface area (Å²) in [6.45, 7) is 1.45. The lowest BCUT2D eigenvalue weighted by Gasteiger charge is -2.12. The van der Waals surface area contributed by atoms with E-state index >= 15 is 0 Å². The van der Waals surface area contributed by atoms with E-state index in [-0.39, 0.29) is 17.2 Å². The van der Waals surface area contributed by atoms with E-state index in [0.29, 0.717) is 11.1 Å². The summed E-state index contributed by atoms with van der Waals surface area (Å²) in [4.78, 5) is 11.1. The fourth-order valence-corrected chi connectivity index (χ4v) is 3.22. The summed E-state index contributed by atoms with van der Waals surface area (Å²) in [6.07, 6.45) is -0.202. The zero-order valence-electron chi connectivity index (χ0n) is 11.1. The van der Waals surface area contributed by atoms with Crippen LogP contribution in [0.4, 0.5) is 0 Å². The third-order valence-corrected chi connectivity index (χ3v) is 5.29. The Hall–Kier alpha value is -1.58. The van der Waals surface area contributed by atoms with Crippen LogP contribution in [0, 0.1) is 11.3 Å². The van der Waals surface area contributed by atoms with Crippen LogP contribution in [-0.2, 0) is 25.1 Å². The summed E-state index contributed by atoms with van der Waals surface area (Å²) in [5, 5.41) is 8.08. The van der Waals surface area contributed by atoms with Crippen LogP contribution in [0.3, 0.4) is 0 Å². The maximum atomic E-state index is 12.1. The Labute approximate surface area is 123 Å². The first kappa shape index (κ1) is 16.5. The van der Waals surface area contributed by atoms with Crippen molar-refractivity contribution >= 4 is 27.4 Å². The number of nitriles is 1. The number of sulfone groups is 1. The zero-order chi connectivity index (χ0) is 15.3. The van der Waals surface area contributed by atoms with E-state index in [2.05, 4.69) is 4.74 Å². The first-order chi connectivity index (χ1) is 9.30. The molecular weight excluding hydrogens is 302 g/mol. The topological polar surface area (TPSA) is 84.2 Å². The molecule has 1 rings (SSSR count). The molecular formula is C13H14ClNO4S. The minimum atomic E-state index is -3.53. The number of esters is 1. The average Bonchev–Trinajstić information content (AvgIpc) is 2.40. The first-order valence-electron chi connectivity index (χ1n) is 5.77. The van der Waals surface area contributed by atoms with E-state index in [4.69, 9.17) is 16.9 Å². The highest BCUT2D eigenvalue weighted by Crippen LogP contribution is 2.22. The third-order valence-electron chi connectivity index (χ3n) is 2.83. The standard InChI is InChI=1S/C13H14ClNO4S/c1-9(5-13(16)19-2)20(17,18)8-11-4-3-10(7-15)6-12(11)14/h3-4,6,9H,5,8H2,1-2H3. The second-order valence-corrected chi connectivity index (χ2v) is 7.14. The lowest BCUT2D eigenvalue weighted by molar-refractivity contribution is -0.140. The SMILES string of the molecule is COC(=O)CC(C)S(=O)(=O)Cc1ccc(C#N)cc1Cl. The molecule has 5 nitrogen and oxygen atoms in total. The van der Waals surface area contributed by atoms with Crippen LogP contribution in [0.2, 0.25) is 5.02 Å². The predicted molar refractivity (Wildman–Crippen MR) is 74.9 cm³/mol. The van der Waals surface area contributed by atoms with E-state index in [1.165, 1.54) is 32.2 Å². The lowest BCUT2D eigenvalue weighted by atomic mass is 10.2. The molecule has 0 aliphatic rings. The Morgan fingerprint density at radius 3 is 2.65 bits per heavy atom. The van der Waals surface area contributed by atoms with Crippen LogP contribution in [0.25, 0.3) is 0 Å². The van der Waals surface area contributed by atoms with Gasteiger partial charge in [-0.25, -0.2) is 8.42 Å². The van der Waals surface area contributed by atoms with Crippen LogP contribution in [0.5, 0.6) is 0 Å². The van der Waals surface area contributed by atoms with Gasteiger partial charge in [0.1, 0.15) is 0 Å². The van der Waals surface area contributed by atoms with E-state index in [0.717, 1.165) is 0 Å². The molecule has 0 radical (unpaired) electrons. The van der Waals surface area contributed by atoms with Crippen molar-refractivity contribution in [2.45, 2.75) is 24.3 Å². The molecule has 0 N–H and O–H groups in total. The normalized spacial score (nSPS) is 12.5. The van der Waals surface area contributed by atoms with Gasteiger partial charge in [-0.2, -0.15) is 5.26 Å². The molecule has 1 aromatic rings. The van der Waals surface area contributed by atoms with E-state index in [9.17, 15) is 13.2 Å². The number of hydrogen-bond donors (Lipinski definition) is 0. The van der Waals surface area contributed by atoms with Crippen LogP contribution < -0.4 is 0 Å². The van der Waals surface area contributed by atoms with Gasteiger partial charge in [0, 0.05) is 5.02 Å². The van der Waals surface area contributed by atoms with Gasteiger partial charge < -0.3 is 4.74 Å². The number of rotatable bonds is 5.